The lowest BCUT2D eigenvalue weighted by Gasteiger charge is -2.35. The molecular weight excluding hydrogens is 474 g/mol. The van der Waals surface area contributed by atoms with Gasteiger partial charge in [0.25, 0.3) is 5.71 Å². The number of methoxy groups -OCH3 is 1. The molecule has 1 saturated heterocycles. The van der Waals surface area contributed by atoms with E-state index in [0.717, 1.165) is 30.0 Å². The molecule has 1 aliphatic heterocycles. The molecule has 7 nitrogen and oxygen atoms in total. The summed E-state index contributed by atoms with van der Waals surface area (Å²) in [7, 11) is 1.70. The monoisotopic (exact) mass is 505 g/mol. The minimum atomic E-state index is 0.187. The molecule has 3 heterocycles. The fraction of sp³-hybridized carbons (Fsp3) is 0.258. The third-order valence-corrected chi connectivity index (χ3v) is 7.11. The van der Waals surface area contributed by atoms with Crippen molar-refractivity contribution in [3.05, 3.63) is 90.5 Å². The zero-order valence-electron chi connectivity index (χ0n) is 21.5. The zero-order chi connectivity index (χ0) is 25.7. The number of likely N-dealkylation sites (tertiary alicyclic amines) is 1. The summed E-state index contributed by atoms with van der Waals surface area (Å²) in [5.41, 5.74) is 4.19. The van der Waals surface area contributed by atoms with Gasteiger partial charge in [0.15, 0.2) is 17.2 Å². The number of hydrogen-bond acceptors (Lipinski definition) is 7. The topological polar surface area (TPSA) is 76.3 Å². The van der Waals surface area contributed by atoms with Crippen LogP contribution in [0.4, 0.5) is 5.82 Å². The predicted octanol–water partition coefficient (Wildman–Crippen LogP) is 6.60. The molecule has 1 atom stereocenters. The Kier molecular flexibility index (Phi) is 7.00. The summed E-state index contributed by atoms with van der Waals surface area (Å²) in [5, 5.41) is 3.64. The van der Waals surface area contributed by atoms with E-state index in [1.807, 2.05) is 72.8 Å². The van der Waals surface area contributed by atoms with Gasteiger partial charge in [-0.3, -0.25) is 4.90 Å². The highest BCUT2D eigenvalue weighted by molar-refractivity contribution is 5.85. The Morgan fingerprint density at radius 2 is 1.50 bits per heavy atom. The second-order valence-corrected chi connectivity index (χ2v) is 9.57. The zero-order valence-corrected chi connectivity index (χ0v) is 21.5. The average Bonchev–Trinajstić information content (AvgIpc) is 3.44. The summed E-state index contributed by atoms with van der Waals surface area (Å²) in [6, 6.07) is 28.5. The van der Waals surface area contributed by atoms with Gasteiger partial charge in [-0.2, -0.15) is 4.98 Å². The van der Waals surface area contributed by atoms with Crippen molar-refractivity contribution in [2.75, 3.05) is 32.1 Å². The smallest absolute Gasteiger partial charge is 0.253 e. The maximum Gasteiger partial charge on any atom is 0.253 e. The summed E-state index contributed by atoms with van der Waals surface area (Å²) in [4.78, 5) is 17.1. The normalized spacial score (nSPS) is 14.9. The van der Waals surface area contributed by atoms with E-state index in [1.165, 1.54) is 24.8 Å². The first-order valence-electron chi connectivity index (χ1n) is 13.2. The Balaban J connectivity index is 1.38. The van der Waals surface area contributed by atoms with Gasteiger partial charge < -0.3 is 14.5 Å². The Morgan fingerprint density at radius 3 is 2.18 bits per heavy atom. The lowest BCUT2D eigenvalue weighted by Crippen LogP contribution is -2.37. The number of piperidine rings is 1. The molecule has 0 amide bonds. The third kappa shape index (κ3) is 5.10. The van der Waals surface area contributed by atoms with Crippen LogP contribution < -0.4 is 10.1 Å². The predicted molar refractivity (Wildman–Crippen MR) is 150 cm³/mol. The van der Waals surface area contributed by atoms with Crippen LogP contribution in [0.15, 0.2) is 89.3 Å². The number of ether oxygens (including phenoxy) is 1. The van der Waals surface area contributed by atoms with Crippen LogP contribution in [0.25, 0.3) is 34.1 Å². The molecule has 0 saturated carbocycles. The minimum absolute atomic E-state index is 0.187. The molecular formula is C31H31N5O2. The van der Waals surface area contributed by atoms with Gasteiger partial charge in [-0.25, -0.2) is 9.97 Å². The minimum Gasteiger partial charge on any atom is -0.497 e. The number of hydrogen-bond donors (Lipinski definition) is 1. The maximum absolute atomic E-state index is 6.16. The molecule has 0 aliphatic carbocycles. The Morgan fingerprint density at radius 1 is 0.816 bits per heavy atom. The van der Waals surface area contributed by atoms with Crippen molar-refractivity contribution in [2.45, 2.75) is 25.3 Å². The summed E-state index contributed by atoms with van der Waals surface area (Å²) >= 11 is 0. The highest BCUT2D eigenvalue weighted by Crippen LogP contribution is 2.31. The van der Waals surface area contributed by atoms with Crippen LogP contribution >= 0.6 is 0 Å². The van der Waals surface area contributed by atoms with Crippen molar-refractivity contribution >= 4 is 17.0 Å². The van der Waals surface area contributed by atoms with Crippen molar-refractivity contribution < 1.29 is 9.15 Å². The van der Waals surface area contributed by atoms with Gasteiger partial charge in [0.2, 0.25) is 5.89 Å². The number of rotatable bonds is 8. The molecule has 2 aromatic heterocycles. The maximum atomic E-state index is 6.16. The number of benzene rings is 3. The van der Waals surface area contributed by atoms with Crippen LogP contribution in [0.2, 0.25) is 0 Å². The molecule has 1 unspecified atom stereocenters. The molecule has 192 valence electrons. The van der Waals surface area contributed by atoms with Gasteiger partial charge in [0, 0.05) is 17.7 Å². The molecule has 1 N–H and O–H groups in total. The first-order valence-corrected chi connectivity index (χ1v) is 13.2. The molecule has 0 spiro atoms. The van der Waals surface area contributed by atoms with E-state index in [-0.39, 0.29) is 6.04 Å². The SMILES string of the molecule is COc1ccc(C(CNc2nc(-c3ccccc3)nc3oc(-c4ccccc4)nc23)N2CCCCC2)cc1. The highest BCUT2D eigenvalue weighted by atomic mass is 16.5. The first-order chi connectivity index (χ1) is 18.8. The molecule has 3 aromatic carbocycles. The third-order valence-electron chi connectivity index (χ3n) is 7.11. The average molecular weight is 506 g/mol. The van der Waals surface area contributed by atoms with Gasteiger partial charge in [0.05, 0.1) is 13.2 Å². The van der Waals surface area contributed by atoms with Crippen LogP contribution in [0, 0.1) is 0 Å². The van der Waals surface area contributed by atoms with E-state index in [0.29, 0.717) is 35.3 Å². The summed E-state index contributed by atoms with van der Waals surface area (Å²) in [5.74, 6) is 2.68. The van der Waals surface area contributed by atoms with E-state index < -0.39 is 0 Å². The molecule has 5 aromatic rings. The number of aromatic nitrogens is 3. The first kappa shape index (κ1) is 24.1. The van der Waals surface area contributed by atoms with Crippen LogP contribution in [0.3, 0.4) is 0 Å². The number of nitrogens with zero attached hydrogens (tertiary/aromatic N) is 4. The van der Waals surface area contributed by atoms with Crippen LogP contribution in [-0.2, 0) is 0 Å². The Hall–Kier alpha value is -4.23. The number of fused-ring (bicyclic) bond motifs is 1. The van der Waals surface area contributed by atoms with E-state index >= 15 is 0 Å². The molecule has 38 heavy (non-hydrogen) atoms. The summed E-state index contributed by atoms with van der Waals surface area (Å²) in [6.45, 7) is 2.84. The fourth-order valence-corrected chi connectivity index (χ4v) is 5.07. The second-order valence-electron chi connectivity index (χ2n) is 9.57. The lowest BCUT2D eigenvalue weighted by molar-refractivity contribution is 0.170. The van der Waals surface area contributed by atoms with Crippen LogP contribution in [-0.4, -0.2) is 46.6 Å². The van der Waals surface area contributed by atoms with Gasteiger partial charge in [0.1, 0.15) is 5.75 Å². The van der Waals surface area contributed by atoms with Crippen molar-refractivity contribution in [1.29, 1.82) is 0 Å². The molecule has 6 rings (SSSR count). The van der Waals surface area contributed by atoms with Crippen LogP contribution in [0.1, 0.15) is 30.9 Å². The number of nitrogens with one attached hydrogen (secondary N) is 1. The van der Waals surface area contributed by atoms with Crippen molar-refractivity contribution in [1.82, 2.24) is 19.9 Å². The lowest BCUT2D eigenvalue weighted by atomic mass is 10.0. The van der Waals surface area contributed by atoms with Crippen molar-refractivity contribution in [2.24, 2.45) is 0 Å². The van der Waals surface area contributed by atoms with E-state index in [4.69, 9.17) is 24.1 Å². The van der Waals surface area contributed by atoms with E-state index in [9.17, 15) is 0 Å². The highest BCUT2D eigenvalue weighted by Gasteiger charge is 2.24. The van der Waals surface area contributed by atoms with Crippen LogP contribution in [0.5, 0.6) is 5.75 Å². The van der Waals surface area contributed by atoms with Gasteiger partial charge in [-0.05, 0) is 55.8 Å². The number of anilines is 1. The Labute approximate surface area is 222 Å². The van der Waals surface area contributed by atoms with Crippen molar-refractivity contribution in [3.8, 4) is 28.6 Å². The fourth-order valence-electron chi connectivity index (χ4n) is 5.07. The van der Waals surface area contributed by atoms with Gasteiger partial charge >= 0.3 is 0 Å². The van der Waals surface area contributed by atoms with Crippen molar-refractivity contribution in [3.63, 3.8) is 0 Å². The molecule has 7 heteroatoms. The Bertz CT molecular complexity index is 1480. The molecule has 1 fully saturated rings. The van der Waals surface area contributed by atoms with E-state index in [2.05, 4.69) is 22.3 Å². The molecule has 1 aliphatic rings. The van der Waals surface area contributed by atoms with Gasteiger partial charge in [-0.15, -0.1) is 0 Å². The summed E-state index contributed by atoms with van der Waals surface area (Å²) in [6.07, 6.45) is 3.71. The number of oxazole rings is 1. The molecule has 0 bridgehead atoms. The summed E-state index contributed by atoms with van der Waals surface area (Å²) < 4.78 is 11.6. The van der Waals surface area contributed by atoms with Gasteiger partial charge in [-0.1, -0.05) is 67.1 Å². The quantitative estimate of drug-likeness (QED) is 0.255. The standard InChI is InChI=1S/C31H31N5O2/c1-37-25-17-15-22(16-18-25)26(36-19-9-4-10-20-36)21-32-29-27-31(35-28(34-29)23-11-5-2-6-12-23)38-30(33-27)24-13-7-3-8-14-24/h2-3,5-8,11-18,26H,4,9-10,19-21H2,1H3,(H,32,34,35). The second kappa shape index (κ2) is 11.0. The largest absolute Gasteiger partial charge is 0.497 e. The molecule has 0 radical (unpaired) electrons. The van der Waals surface area contributed by atoms with E-state index in [1.54, 1.807) is 7.11 Å².